The smallest absolute Gasteiger partial charge is 0.362 e. The minimum absolute atomic E-state index is 0.0798. The van der Waals surface area contributed by atoms with Crippen LogP contribution in [0.4, 0.5) is 29.3 Å². The van der Waals surface area contributed by atoms with Gasteiger partial charge >= 0.3 is 12.2 Å². The Bertz CT molecular complexity index is 972. The summed E-state index contributed by atoms with van der Waals surface area (Å²) in [4.78, 5) is 26.2. The van der Waals surface area contributed by atoms with Crippen LogP contribution in [0.25, 0.3) is 0 Å². The van der Waals surface area contributed by atoms with Gasteiger partial charge < -0.3 is 15.1 Å². The second kappa shape index (κ2) is 9.10. The molecular weight excluding hydrogens is 455 g/mol. The summed E-state index contributed by atoms with van der Waals surface area (Å²) in [6, 6.07) is 1.95. The Morgan fingerprint density at radius 2 is 1.72 bits per heavy atom. The zero-order chi connectivity index (χ0) is 23.7. The number of benzene rings is 1. The lowest BCUT2D eigenvalue weighted by Gasteiger charge is -2.37. The Labute approximate surface area is 183 Å². The van der Waals surface area contributed by atoms with Crippen LogP contribution in [0.3, 0.4) is 0 Å². The number of carbonyl (C=O) groups excluding carboxylic acids is 1. The first-order valence-corrected chi connectivity index (χ1v) is 11.8. The third-order valence-corrected chi connectivity index (χ3v) is 6.96. The van der Waals surface area contributed by atoms with E-state index in [1.54, 1.807) is 4.90 Å². The van der Waals surface area contributed by atoms with Gasteiger partial charge in [-0.05, 0) is 25.0 Å². The fraction of sp³-hybridized carbons (Fsp3) is 0.611. The molecule has 0 spiro atoms. The number of nitrogens with zero attached hydrogens (tertiary/aromatic N) is 4. The summed E-state index contributed by atoms with van der Waals surface area (Å²) in [6.45, 7) is 1.60. The Balaban J connectivity index is 1.57. The summed E-state index contributed by atoms with van der Waals surface area (Å²) < 4.78 is 63.2. The van der Waals surface area contributed by atoms with Crippen LogP contribution in [-0.4, -0.2) is 80.1 Å². The molecule has 1 aromatic carbocycles. The normalized spacial score (nSPS) is 19.1. The largest absolute Gasteiger partial charge is 0.416 e. The molecule has 0 aliphatic carbocycles. The minimum Gasteiger partial charge on any atom is -0.362 e. The lowest BCUT2D eigenvalue weighted by atomic mass is 10.1. The van der Waals surface area contributed by atoms with E-state index in [0.717, 1.165) is 18.4 Å². The molecule has 0 radical (unpaired) electrons. The minimum atomic E-state index is -4.68. The average molecular weight is 479 g/mol. The Hall–Kier alpha value is -2.61. The summed E-state index contributed by atoms with van der Waals surface area (Å²) in [6.07, 6.45) is -2.54. The Kier molecular flexibility index (Phi) is 6.83. The number of sulfonamides is 1. The number of amides is 2. The number of urea groups is 1. The number of nitro benzene ring substituents is 1. The lowest BCUT2D eigenvalue weighted by molar-refractivity contribution is -0.384. The molecule has 32 heavy (non-hydrogen) atoms. The van der Waals surface area contributed by atoms with E-state index in [0.29, 0.717) is 32.0 Å². The molecule has 3 rings (SSSR count). The molecule has 0 atom stereocenters. The highest BCUT2D eigenvalue weighted by molar-refractivity contribution is 7.88. The van der Waals surface area contributed by atoms with Gasteiger partial charge in [0, 0.05) is 51.4 Å². The first-order valence-electron chi connectivity index (χ1n) is 9.97. The van der Waals surface area contributed by atoms with E-state index in [4.69, 9.17) is 0 Å². The van der Waals surface area contributed by atoms with Crippen molar-refractivity contribution in [3.8, 4) is 0 Å². The number of rotatable bonds is 4. The number of piperazine rings is 1. The number of nitrogens with one attached hydrogen (secondary N) is 1. The molecule has 2 amide bonds. The van der Waals surface area contributed by atoms with Crippen molar-refractivity contribution >= 4 is 27.4 Å². The van der Waals surface area contributed by atoms with Crippen molar-refractivity contribution in [1.29, 1.82) is 0 Å². The van der Waals surface area contributed by atoms with Crippen LogP contribution in [0.15, 0.2) is 18.2 Å². The average Bonchev–Trinajstić information content (AvgIpc) is 2.72. The van der Waals surface area contributed by atoms with Crippen molar-refractivity contribution < 1.29 is 31.3 Å². The summed E-state index contributed by atoms with van der Waals surface area (Å²) in [7, 11) is -3.26. The fourth-order valence-corrected chi connectivity index (χ4v) is 4.74. The fourth-order valence-electron chi connectivity index (χ4n) is 3.86. The van der Waals surface area contributed by atoms with Crippen molar-refractivity contribution in [2.75, 3.05) is 50.4 Å². The van der Waals surface area contributed by atoms with E-state index in [2.05, 4.69) is 5.32 Å². The van der Waals surface area contributed by atoms with Gasteiger partial charge in [0.2, 0.25) is 10.0 Å². The van der Waals surface area contributed by atoms with Crippen molar-refractivity contribution in [3.63, 3.8) is 0 Å². The molecule has 0 aromatic heterocycles. The number of hydrogen-bond acceptors (Lipinski definition) is 6. The summed E-state index contributed by atoms with van der Waals surface area (Å²) in [5.74, 6) is 0. The van der Waals surface area contributed by atoms with Gasteiger partial charge in [-0.25, -0.2) is 17.5 Å². The molecule has 178 valence electrons. The zero-order valence-corrected chi connectivity index (χ0v) is 18.2. The molecule has 2 saturated heterocycles. The van der Waals surface area contributed by atoms with Gasteiger partial charge in [0.1, 0.15) is 5.69 Å². The maximum atomic E-state index is 12.9. The zero-order valence-electron chi connectivity index (χ0n) is 17.3. The maximum absolute atomic E-state index is 12.9. The molecule has 0 bridgehead atoms. The van der Waals surface area contributed by atoms with Crippen molar-refractivity contribution in [3.05, 3.63) is 33.9 Å². The van der Waals surface area contributed by atoms with E-state index in [1.165, 1.54) is 9.21 Å². The highest BCUT2D eigenvalue weighted by Gasteiger charge is 2.35. The van der Waals surface area contributed by atoms with Gasteiger partial charge in [-0.1, -0.05) is 0 Å². The van der Waals surface area contributed by atoms with Gasteiger partial charge in [-0.15, -0.1) is 0 Å². The van der Waals surface area contributed by atoms with Crippen molar-refractivity contribution in [2.24, 2.45) is 0 Å². The maximum Gasteiger partial charge on any atom is 0.416 e. The van der Waals surface area contributed by atoms with Gasteiger partial charge in [-0.2, -0.15) is 13.2 Å². The van der Waals surface area contributed by atoms with E-state index in [1.807, 2.05) is 0 Å². The molecule has 0 unspecified atom stereocenters. The van der Waals surface area contributed by atoms with Crippen LogP contribution in [0, 0.1) is 10.1 Å². The van der Waals surface area contributed by atoms with E-state index in [9.17, 15) is 36.5 Å². The summed E-state index contributed by atoms with van der Waals surface area (Å²) >= 11 is 0. The third-order valence-electron chi connectivity index (χ3n) is 5.66. The molecule has 14 heteroatoms. The topological polar surface area (TPSA) is 116 Å². The predicted molar refractivity (Wildman–Crippen MR) is 110 cm³/mol. The van der Waals surface area contributed by atoms with Crippen LogP contribution >= 0.6 is 0 Å². The molecule has 2 aliphatic rings. The Morgan fingerprint density at radius 1 is 1.12 bits per heavy atom. The lowest BCUT2D eigenvalue weighted by Crippen LogP contribution is -2.55. The second-order valence-electron chi connectivity index (χ2n) is 7.82. The monoisotopic (exact) mass is 479 g/mol. The first-order chi connectivity index (χ1) is 14.9. The van der Waals surface area contributed by atoms with E-state index in [-0.39, 0.29) is 43.9 Å². The summed E-state index contributed by atoms with van der Waals surface area (Å²) in [5, 5.41) is 14.2. The number of nitro groups is 1. The van der Waals surface area contributed by atoms with Crippen LogP contribution in [-0.2, 0) is 16.2 Å². The van der Waals surface area contributed by atoms with Crippen LogP contribution < -0.4 is 10.2 Å². The molecule has 2 aliphatic heterocycles. The third kappa shape index (κ3) is 5.59. The van der Waals surface area contributed by atoms with Crippen molar-refractivity contribution in [1.82, 2.24) is 14.5 Å². The molecule has 1 aromatic rings. The highest BCUT2D eigenvalue weighted by atomic mass is 32.2. The molecule has 0 saturated carbocycles. The number of carbonyl (C=O) groups is 1. The molecule has 1 N–H and O–H groups in total. The molecule has 10 nitrogen and oxygen atoms in total. The van der Waals surface area contributed by atoms with Gasteiger partial charge in [0.05, 0.1) is 16.7 Å². The molecule has 2 heterocycles. The standard InChI is InChI=1S/C18H24F3N5O5S/c1-32(30,31)25-6-4-14(5-7-25)22-17(27)24-10-8-23(9-11-24)15-3-2-13(18(19,20)21)12-16(15)26(28)29/h2-3,12,14H,4-11H2,1H3,(H,22,27). The van der Waals surface area contributed by atoms with Crippen molar-refractivity contribution in [2.45, 2.75) is 25.1 Å². The van der Waals surface area contributed by atoms with E-state index >= 15 is 0 Å². The number of hydrogen-bond donors (Lipinski definition) is 1. The van der Waals surface area contributed by atoms with Crippen LogP contribution in [0.1, 0.15) is 18.4 Å². The second-order valence-corrected chi connectivity index (χ2v) is 9.80. The highest BCUT2D eigenvalue weighted by Crippen LogP contribution is 2.36. The quantitative estimate of drug-likeness (QED) is 0.521. The van der Waals surface area contributed by atoms with Crippen LogP contribution in [0.2, 0.25) is 0 Å². The SMILES string of the molecule is CS(=O)(=O)N1CCC(NC(=O)N2CCN(c3ccc(C(F)(F)F)cc3[N+](=O)[O-])CC2)CC1. The number of anilines is 1. The molecule has 2 fully saturated rings. The number of halogens is 3. The number of alkyl halides is 3. The van der Waals surface area contributed by atoms with Gasteiger partial charge in [-0.3, -0.25) is 10.1 Å². The predicted octanol–water partition coefficient (Wildman–Crippen LogP) is 1.87. The van der Waals surface area contributed by atoms with Crippen LogP contribution in [0.5, 0.6) is 0 Å². The number of piperidine rings is 1. The van der Waals surface area contributed by atoms with Gasteiger partial charge in [0.15, 0.2) is 0 Å². The first kappa shape index (κ1) is 24.0. The molecular formula is C18H24F3N5O5S. The van der Waals surface area contributed by atoms with E-state index < -0.39 is 32.4 Å². The van der Waals surface area contributed by atoms with Gasteiger partial charge in [0.25, 0.3) is 5.69 Å². The summed E-state index contributed by atoms with van der Waals surface area (Å²) in [5.41, 5.74) is -1.64. The Morgan fingerprint density at radius 3 is 2.22 bits per heavy atom.